The molecule has 190 valence electrons. The van der Waals surface area contributed by atoms with Gasteiger partial charge in [0.25, 0.3) is 0 Å². The van der Waals surface area contributed by atoms with Crippen LogP contribution in [0.2, 0.25) is 0 Å². The Bertz CT molecular complexity index is 1280. The fourth-order valence-corrected chi connectivity index (χ4v) is 5.04. The largest absolute Gasteiger partial charge is 0.395 e. The zero-order valence-corrected chi connectivity index (χ0v) is 20.2. The van der Waals surface area contributed by atoms with Crippen molar-refractivity contribution in [3.63, 3.8) is 0 Å². The maximum atomic E-state index is 14.2. The highest BCUT2D eigenvalue weighted by atomic mass is 19.1. The summed E-state index contributed by atoms with van der Waals surface area (Å²) < 4.78 is 29.7. The summed E-state index contributed by atoms with van der Waals surface area (Å²) in [5.41, 5.74) is 9.07. The summed E-state index contributed by atoms with van der Waals surface area (Å²) in [6, 6.07) is 4.44. The molecule has 0 saturated carbocycles. The monoisotopic (exact) mass is 496 g/mol. The Hall–Kier alpha value is -3.57. The number of piperazine rings is 1. The van der Waals surface area contributed by atoms with Crippen LogP contribution in [0.1, 0.15) is 23.2 Å². The molecule has 2 aliphatic rings. The Morgan fingerprint density at radius 2 is 2.08 bits per heavy atom. The molecule has 1 aromatic carbocycles. The van der Waals surface area contributed by atoms with Gasteiger partial charge in [-0.2, -0.15) is 15.1 Å². The van der Waals surface area contributed by atoms with Crippen LogP contribution in [0.5, 0.6) is 0 Å². The number of hydrogen-bond donors (Lipinski definition) is 3. The van der Waals surface area contributed by atoms with Crippen molar-refractivity contribution in [3.05, 3.63) is 58.9 Å². The molecule has 0 bridgehead atoms. The fourth-order valence-electron chi connectivity index (χ4n) is 5.04. The van der Waals surface area contributed by atoms with Gasteiger partial charge in [0.15, 0.2) is 5.82 Å². The molecule has 0 radical (unpaired) electrons. The van der Waals surface area contributed by atoms with Crippen LogP contribution in [0.4, 0.5) is 26.2 Å². The van der Waals surface area contributed by atoms with Crippen LogP contribution >= 0.6 is 0 Å². The van der Waals surface area contributed by atoms with E-state index in [1.165, 1.54) is 6.07 Å². The van der Waals surface area contributed by atoms with Crippen molar-refractivity contribution >= 4 is 23.5 Å². The lowest BCUT2D eigenvalue weighted by molar-refractivity contribution is 0.233. The Balaban J connectivity index is 1.23. The fraction of sp³-hybridized carbons (Fsp3) is 0.400. The number of nitrogens with zero attached hydrogens (tertiary/aromatic N) is 6. The second-order valence-corrected chi connectivity index (χ2v) is 9.15. The summed E-state index contributed by atoms with van der Waals surface area (Å²) in [5.74, 6) is 0.229. The summed E-state index contributed by atoms with van der Waals surface area (Å²) in [6.07, 6.45) is 7.43. The van der Waals surface area contributed by atoms with E-state index < -0.39 is 11.6 Å². The highest BCUT2D eigenvalue weighted by Gasteiger charge is 2.33. The molecule has 5 rings (SSSR count). The first-order valence-electron chi connectivity index (χ1n) is 12.1. The van der Waals surface area contributed by atoms with Gasteiger partial charge >= 0.3 is 0 Å². The summed E-state index contributed by atoms with van der Waals surface area (Å²) in [4.78, 5) is 12.9. The summed E-state index contributed by atoms with van der Waals surface area (Å²) in [7, 11) is 0. The number of fused-ring (bicyclic) bond motifs is 3. The molecule has 36 heavy (non-hydrogen) atoms. The van der Waals surface area contributed by atoms with Crippen LogP contribution in [0.15, 0.2) is 30.5 Å². The topological polar surface area (TPSA) is 108 Å². The highest BCUT2D eigenvalue weighted by molar-refractivity contribution is 5.58. The number of halogens is 2. The third kappa shape index (κ3) is 4.89. The molecule has 9 nitrogen and oxygen atoms in total. The smallest absolute Gasteiger partial charge is 0.224 e. The number of aliphatic hydroxyl groups is 1. The van der Waals surface area contributed by atoms with E-state index in [2.05, 4.69) is 36.3 Å². The van der Waals surface area contributed by atoms with E-state index in [4.69, 9.17) is 10.8 Å². The van der Waals surface area contributed by atoms with Crippen molar-refractivity contribution in [2.75, 3.05) is 55.3 Å². The summed E-state index contributed by atoms with van der Waals surface area (Å²) in [6.45, 7) is 5.49. The van der Waals surface area contributed by atoms with Gasteiger partial charge in [-0.15, -0.1) is 0 Å². The average molecular weight is 497 g/mol. The van der Waals surface area contributed by atoms with Gasteiger partial charge < -0.3 is 21.1 Å². The zero-order valence-electron chi connectivity index (χ0n) is 20.2. The summed E-state index contributed by atoms with van der Waals surface area (Å²) >= 11 is 0. The van der Waals surface area contributed by atoms with E-state index in [1.54, 1.807) is 16.9 Å². The van der Waals surface area contributed by atoms with E-state index in [-0.39, 0.29) is 18.6 Å². The third-order valence-corrected chi connectivity index (χ3v) is 6.81. The molecule has 2 aromatic heterocycles. The Labute approximate surface area is 208 Å². The number of nitrogens with two attached hydrogens (primary N) is 1. The van der Waals surface area contributed by atoms with Crippen LogP contribution in [-0.2, 0) is 6.42 Å². The number of benzene rings is 1. The van der Waals surface area contributed by atoms with Gasteiger partial charge in [0.05, 0.1) is 18.5 Å². The Morgan fingerprint density at radius 1 is 1.22 bits per heavy atom. The van der Waals surface area contributed by atoms with Crippen LogP contribution in [-0.4, -0.2) is 75.1 Å². The molecule has 0 spiro atoms. The molecule has 0 amide bonds. The first-order valence-corrected chi connectivity index (χ1v) is 12.1. The maximum Gasteiger partial charge on any atom is 0.224 e. The van der Waals surface area contributed by atoms with Gasteiger partial charge in [0, 0.05) is 67.7 Å². The van der Waals surface area contributed by atoms with Crippen LogP contribution in [0.3, 0.4) is 0 Å². The molecule has 1 fully saturated rings. The molecular formula is C25H30F2N8O. The number of aliphatic hydroxyl groups excluding tert-OH is 1. The minimum atomic E-state index is -0.518. The van der Waals surface area contributed by atoms with Crippen LogP contribution in [0, 0.1) is 18.6 Å². The van der Waals surface area contributed by atoms with Gasteiger partial charge in [0.1, 0.15) is 17.5 Å². The molecule has 4 N–H and O–H groups in total. The molecule has 0 aliphatic carbocycles. The summed E-state index contributed by atoms with van der Waals surface area (Å²) in [5, 5.41) is 16.5. The van der Waals surface area contributed by atoms with E-state index >= 15 is 0 Å². The second-order valence-electron chi connectivity index (χ2n) is 9.15. The van der Waals surface area contributed by atoms with E-state index in [0.29, 0.717) is 35.9 Å². The van der Waals surface area contributed by atoms with E-state index in [9.17, 15) is 8.78 Å². The van der Waals surface area contributed by atoms with Gasteiger partial charge in [-0.1, -0.05) is 12.2 Å². The molecule has 3 aromatic rings. The van der Waals surface area contributed by atoms with Crippen molar-refractivity contribution in [1.82, 2.24) is 24.6 Å². The van der Waals surface area contributed by atoms with Crippen molar-refractivity contribution in [2.24, 2.45) is 0 Å². The lowest BCUT2D eigenvalue weighted by Gasteiger charge is -2.46. The van der Waals surface area contributed by atoms with Gasteiger partial charge in [-0.3, -0.25) is 4.90 Å². The van der Waals surface area contributed by atoms with Gasteiger partial charge in [-0.25, -0.2) is 13.5 Å². The second kappa shape index (κ2) is 10.2. The van der Waals surface area contributed by atoms with Crippen molar-refractivity contribution in [1.29, 1.82) is 0 Å². The predicted molar refractivity (Wildman–Crippen MR) is 135 cm³/mol. The molecule has 1 atom stereocenters. The predicted octanol–water partition coefficient (Wildman–Crippen LogP) is 2.39. The van der Waals surface area contributed by atoms with Crippen molar-refractivity contribution < 1.29 is 13.9 Å². The number of anilines is 3. The minimum absolute atomic E-state index is 0.0187. The maximum absolute atomic E-state index is 14.2. The molecule has 2 aliphatic heterocycles. The van der Waals surface area contributed by atoms with Gasteiger partial charge in [-0.05, 0) is 25.8 Å². The zero-order chi connectivity index (χ0) is 25.2. The van der Waals surface area contributed by atoms with E-state index in [1.807, 2.05) is 13.0 Å². The highest BCUT2D eigenvalue weighted by Crippen LogP contribution is 2.35. The quantitative estimate of drug-likeness (QED) is 0.458. The Kier molecular flexibility index (Phi) is 6.84. The number of rotatable bonds is 7. The third-order valence-electron chi connectivity index (χ3n) is 6.81. The Morgan fingerprint density at radius 3 is 2.92 bits per heavy atom. The minimum Gasteiger partial charge on any atom is -0.395 e. The number of aromatic nitrogens is 4. The van der Waals surface area contributed by atoms with E-state index in [0.717, 1.165) is 49.9 Å². The lowest BCUT2D eigenvalue weighted by Crippen LogP contribution is -2.55. The molecular weight excluding hydrogens is 466 g/mol. The number of nitrogen functional groups attached to an aromatic ring is 1. The number of nitrogens with one attached hydrogen (secondary N) is 1. The molecule has 4 heterocycles. The first-order chi connectivity index (χ1) is 17.4. The van der Waals surface area contributed by atoms with Crippen LogP contribution < -0.4 is 16.0 Å². The van der Waals surface area contributed by atoms with Gasteiger partial charge in [0.2, 0.25) is 5.95 Å². The SMILES string of the molecule is Cc1c(C=CCN2CCN3c4cc(F)cc(F)c4CCC3C2)cnn1-c1cc(NCCO)nc(N)n1. The number of hydrogen-bond acceptors (Lipinski definition) is 8. The molecule has 1 unspecified atom stereocenters. The lowest BCUT2D eigenvalue weighted by atomic mass is 9.93. The van der Waals surface area contributed by atoms with Crippen molar-refractivity contribution in [2.45, 2.75) is 25.8 Å². The van der Waals surface area contributed by atoms with Crippen LogP contribution in [0.25, 0.3) is 11.9 Å². The molecule has 1 saturated heterocycles. The van der Waals surface area contributed by atoms with Crippen molar-refractivity contribution in [3.8, 4) is 5.82 Å². The first kappa shape index (κ1) is 24.1. The average Bonchev–Trinajstić information content (AvgIpc) is 3.22. The standard InChI is InChI=1S/C25H30F2N8O/c1-16-17(14-30-35(16)24-13-23(29-6-10-36)31-25(28)32-24)3-2-7-33-8-9-34-19(15-33)4-5-20-21(27)11-18(26)12-22(20)34/h2-3,11-14,19,36H,4-10,15H2,1H3,(H3,28,29,31,32). The molecule has 11 heteroatoms. The normalized spacial score (nSPS) is 17.9.